The van der Waals surface area contributed by atoms with Crippen molar-refractivity contribution in [3.8, 4) is 0 Å². The van der Waals surface area contributed by atoms with Crippen LogP contribution in [0.1, 0.15) is 42.6 Å². The number of carbonyl (C=O) groups excluding carboxylic acids is 1. The van der Waals surface area contributed by atoms with E-state index in [4.69, 9.17) is 0 Å². The molecule has 1 heteroatoms. The van der Waals surface area contributed by atoms with Crippen LogP contribution in [0.3, 0.4) is 0 Å². The van der Waals surface area contributed by atoms with E-state index in [1.807, 2.05) is 18.2 Å². The summed E-state index contributed by atoms with van der Waals surface area (Å²) in [5.41, 5.74) is 2.21. The number of carbonyl (C=O) groups is 1. The molecule has 1 aliphatic rings. The third kappa shape index (κ3) is 1.97. The van der Waals surface area contributed by atoms with Crippen LogP contribution >= 0.6 is 0 Å². The molecule has 1 unspecified atom stereocenters. The van der Waals surface area contributed by atoms with Crippen LogP contribution < -0.4 is 0 Å². The summed E-state index contributed by atoms with van der Waals surface area (Å²) in [5, 5.41) is 0. The molecule has 0 amide bonds. The van der Waals surface area contributed by atoms with Crippen LogP contribution in [0.2, 0.25) is 0 Å². The van der Waals surface area contributed by atoms with E-state index in [0.717, 1.165) is 24.8 Å². The fourth-order valence-electron chi connectivity index (χ4n) is 2.46. The Balaban J connectivity index is 2.39. The molecule has 0 saturated carbocycles. The Hall–Kier alpha value is -1.11. The summed E-state index contributed by atoms with van der Waals surface area (Å²) in [5.74, 6) is 1.05. The van der Waals surface area contributed by atoms with Gasteiger partial charge < -0.3 is 0 Å². The van der Waals surface area contributed by atoms with Gasteiger partial charge in [-0.1, -0.05) is 38.1 Å². The van der Waals surface area contributed by atoms with E-state index in [2.05, 4.69) is 19.9 Å². The fourth-order valence-corrected chi connectivity index (χ4v) is 2.46. The molecule has 0 radical (unpaired) electrons. The molecule has 0 saturated heterocycles. The summed E-state index contributed by atoms with van der Waals surface area (Å²) in [6, 6.07) is 8.08. The van der Waals surface area contributed by atoms with Gasteiger partial charge in [0, 0.05) is 11.5 Å². The maximum absolute atomic E-state index is 12.3. The fraction of sp³-hybridized carbons (Fsp3) is 0.500. The predicted octanol–water partition coefficient (Wildman–Crippen LogP) is 3.48. The second-order valence-electron chi connectivity index (χ2n) is 4.76. The number of hydrogen-bond acceptors (Lipinski definition) is 1. The molecule has 1 aliphatic carbocycles. The van der Waals surface area contributed by atoms with Gasteiger partial charge in [0.1, 0.15) is 0 Å². The second kappa shape index (κ2) is 4.18. The van der Waals surface area contributed by atoms with Gasteiger partial charge in [0.25, 0.3) is 0 Å². The van der Waals surface area contributed by atoms with Crippen molar-refractivity contribution in [1.29, 1.82) is 0 Å². The Bertz CT molecular complexity index is 365. The van der Waals surface area contributed by atoms with Crippen molar-refractivity contribution >= 4 is 5.78 Å². The molecule has 1 nitrogen and oxygen atoms in total. The quantitative estimate of drug-likeness (QED) is 0.637. The van der Waals surface area contributed by atoms with Gasteiger partial charge in [-0.05, 0) is 30.7 Å². The number of fused-ring (bicyclic) bond motifs is 1. The van der Waals surface area contributed by atoms with Crippen molar-refractivity contribution in [2.45, 2.75) is 33.1 Å². The molecule has 0 bridgehead atoms. The van der Waals surface area contributed by atoms with E-state index in [1.54, 1.807) is 0 Å². The molecule has 0 fully saturated rings. The van der Waals surface area contributed by atoms with Gasteiger partial charge in [-0.2, -0.15) is 0 Å². The predicted molar refractivity (Wildman–Crippen MR) is 62.0 cm³/mol. The van der Waals surface area contributed by atoms with Crippen molar-refractivity contribution in [3.63, 3.8) is 0 Å². The summed E-state index contributed by atoms with van der Waals surface area (Å²) in [6.07, 6.45) is 3.25. The molecule has 0 heterocycles. The Labute approximate surface area is 91.5 Å². The highest BCUT2D eigenvalue weighted by Gasteiger charge is 2.27. The van der Waals surface area contributed by atoms with Gasteiger partial charge in [0.05, 0.1) is 0 Å². The number of hydrogen-bond donors (Lipinski definition) is 0. The lowest BCUT2D eigenvalue weighted by Crippen LogP contribution is -2.19. The molecule has 1 atom stereocenters. The smallest absolute Gasteiger partial charge is 0.166 e. The molecular formula is C14H18O. The number of Topliss-reactive ketones (excluding diaryl/α,β-unsaturated/α-hetero) is 1. The lowest BCUT2D eigenvalue weighted by Gasteiger charge is -2.17. The van der Waals surface area contributed by atoms with E-state index in [-0.39, 0.29) is 5.92 Å². The van der Waals surface area contributed by atoms with E-state index in [0.29, 0.717) is 11.7 Å². The van der Waals surface area contributed by atoms with Gasteiger partial charge in [-0.15, -0.1) is 0 Å². The first-order valence-corrected chi connectivity index (χ1v) is 5.82. The summed E-state index contributed by atoms with van der Waals surface area (Å²) < 4.78 is 0. The van der Waals surface area contributed by atoms with Gasteiger partial charge >= 0.3 is 0 Å². The molecule has 1 aromatic rings. The SMILES string of the molecule is CC(C)C1CCCc2ccccc2C1=O. The van der Waals surface area contributed by atoms with Crippen molar-refractivity contribution < 1.29 is 4.79 Å². The topological polar surface area (TPSA) is 17.1 Å². The van der Waals surface area contributed by atoms with E-state index in [1.165, 1.54) is 5.56 Å². The first-order chi connectivity index (χ1) is 7.20. The van der Waals surface area contributed by atoms with Gasteiger partial charge in [-0.3, -0.25) is 4.79 Å². The monoisotopic (exact) mass is 202 g/mol. The number of ketones is 1. The number of rotatable bonds is 1. The number of aryl methyl sites for hydroxylation is 1. The maximum atomic E-state index is 12.3. The van der Waals surface area contributed by atoms with Gasteiger partial charge in [-0.25, -0.2) is 0 Å². The molecule has 0 N–H and O–H groups in total. The highest BCUT2D eigenvalue weighted by atomic mass is 16.1. The standard InChI is InChI=1S/C14H18O/c1-10(2)12-9-5-7-11-6-3-4-8-13(11)14(12)15/h3-4,6,8,10,12H,5,7,9H2,1-2H3. The lowest BCUT2D eigenvalue weighted by molar-refractivity contribution is 0.0880. The summed E-state index contributed by atoms with van der Waals surface area (Å²) >= 11 is 0. The Morgan fingerprint density at radius 2 is 2.00 bits per heavy atom. The normalized spacial score (nSPS) is 21.3. The average molecular weight is 202 g/mol. The zero-order chi connectivity index (χ0) is 10.8. The molecule has 0 aromatic heterocycles. The largest absolute Gasteiger partial charge is 0.294 e. The first kappa shape index (κ1) is 10.4. The Morgan fingerprint density at radius 1 is 1.27 bits per heavy atom. The lowest BCUT2D eigenvalue weighted by atomic mass is 9.86. The van der Waals surface area contributed by atoms with Crippen LogP contribution in [0.5, 0.6) is 0 Å². The van der Waals surface area contributed by atoms with Gasteiger partial charge in [0.2, 0.25) is 0 Å². The third-order valence-corrected chi connectivity index (χ3v) is 3.39. The van der Waals surface area contributed by atoms with Crippen molar-refractivity contribution in [3.05, 3.63) is 35.4 Å². The minimum atomic E-state index is 0.230. The molecule has 2 rings (SSSR count). The van der Waals surface area contributed by atoms with Crippen LogP contribution in [0.25, 0.3) is 0 Å². The highest BCUT2D eigenvalue weighted by molar-refractivity contribution is 5.99. The Morgan fingerprint density at radius 3 is 2.73 bits per heavy atom. The van der Waals surface area contributed by atoms with Crippen LogP contribution in [0.4, 0.5) is 0 Å². The molecule has 0 aliphatic heterocycles. The van der Waals surface area contributed by atoms with Crippen LogP contribution in [0.15, 0.2) is 24.3 Å². The minimum Gasteiger partial charge on any atom is -0.294 e. The van der Waals surface area contributed by atoms with Gasteiger partial charge in [0.15, 0.2) is 5.78 Å². The van der Waals surface area contributed by atoms with Crippen molar-refractivity contribution in [2.24, 2.45) is 11.8 Å². The molecule has 0 spiro atoms. The highest BCUT2D eigenvalue weighted by Crippen LogP contribution is 2.28. The maximum Gasteiger partial charge on any atom is 0.166 e. The van der Waals surface area contributed by atoms with Crippen LogP contribution in [-0.4, -0.2) is 5.78 Å². The number of benzene rings is 1. The molecule has 80 valence electrons. The van der Waals surface area contributed by atoms with Crippen LogP contribution in [-0.2, 0) is 6.42 Å². The summed E-state index contributed by atoms with van der Waals surface area (Å²) in [4.78, 5) is 12.3. The second-order valence-corrected chi connectivity index (χ2v) is 4.76. The van der Waals surface area contributed by atoms with E-state index < -0.39 is 0 Å². The first-order valence-electron chi connectivity index (χ1n) is 5.82. The molecule has 15 heavy (non-hydrogen) atoms. The summed E-state index contributed by atoms with van der Waals surface area (Å²) in [6.45, 7) is 4.30. The minimum absolute atomic E-state index is 0.230. The third-order valence-electron chi connectivity index (χ3n) is 3.39. The Kier molecular flexibility index (Phi) is 2.90. The van der Waals surface area contributed by atoms with E-state index in [9.17, 15) is 4.79 Å². The zero-order valence-electron chi connectivity index (χ0n) is 9.49. The molecule has 1 aromatic carbocycles. The summed E-state index contributed by atoms with van der Waals surface area (Å²) in [7, 11) is 0. The van der Waals surface area contributed by atoms with Crippen molar-refractivity contribution in [1.82, 2.24) is 0 Å². The zero-order valence-corrected chi connectivity index (χ0v) is 9.49. The average Bonchev–Trinajstić information content (AvgIpc) is 2.39. The van der Waals surface area contributed by atoms with Crippen LogP contribution in [0, 0.1) is 11.8 Å². The van der Waals surface area contributed by atoms with E-state index >= 15 is 0 Å². The molecular weight excluding hydrogens is 184 g/mol. The van der Waals surface area contributed by atoms with Crippen molar-refractivity contribution in [2.75, 3.05) is 0 Å².